The van der Waals surface area contributed by atoms with Gasteiger partial charge in [-0.1, -0.05) is 0 Å². The van der Waals surface area contributed by atoms with Gasteiger partial charge in [0, 0.05) is 0 Å². The van der Waals surface area contributed by atoms with Gasteiger partial charge in [0.1, 0.15) is 0 Å². The summed E-state index contributed by atoms with van der Waals surface area (Å²) >= 11 is 2.26. The zero-order valence-corrected chi connectivity index (χ0v) is 13.8. The summed E-state index contributed by atoms with van der Waals surface area (Å²) in [6.07, 6.45) is 1.11. The van der Waals surface area contributed by atoms with Gasteiger partial charge in [0.25, 0.3) is 0 Å². The maximum Gasteiger partial charge on any atom is -0.162 e. The van der Waals surface area contributed by atoms with Crippen LogP contribution in [0.1, 0.15) is 27.2 Å². The van der Waals surface area contributed by atoms with Crippen LogP contribution < -0.4 is 0 Å². The number of rotatable bonds is 2. The summed E-state index contributed by atoms with van der Waals surface area (Å²) in [6.45, 7) is 6.37. The molecule has 0 rings (SSSR count). The zero-order valence-electron chi connectivity index (χ0n) is 12.4. The van der Waals surface area contributed by atoms with E-state index in [1.165, 1.54) is 0 Å². The van der Waals surface area contributed by atoms with Gasteiger partial charge in [-0.05, 0) is 0 Å². The molecule has 101 valence electrons. The minimum absolute atomic E-state index is 0.181. The van der Waals surface area contributed by atoms with E-state index in [9.17, 15) is 0 Å². The molecule has 0 saturated heterocycles. The van der Waals surface area contributed by atoms with Crippen molar-refractivity contribution in [3.63, 3.8) is 0 Å². The fourth-order valence-corrected chi connectivity index (χ4v) is 0.292. The summed E-state index contributed by atoms with van der Waals surface area (Å²) in [5, 5.41) is 10.5. The minimum Gasteiger partial charge on any atom is -0.668 e. The molecule has 0 N–H and O–H groups in total. The van der Waals surface area contributed by atoms with Gasteiger partial charge in [0.2, 0.25) is 0 Å². The molecule has 0 unspecified atom stereocenters. The van der Waals surface area contributed by atoms with Gasteiger partial charge < -0.3 is 16.0 Å². The van der Waals surface area contributed by atoms with Crippen LogP contribution in [0.3, 0.4) is 0 Å². The Labute approximate surface area is 112 Å². The van der Waals surface area contributed by atoms with E-state index >= 15 is 0 Å². The first-order valence-corrected chi connectivity index (χ1v) is 5.79. The van der Waals surface area contributed by atoms with Gasteiger partial charge in [-0.15, -0.1) is 0 Å². The Balaban J connectivity index is -0.0000000677. The van der Waals surface area contributed by atoms with Crippen molar-refractivity contribution < 1.29 is 17.2 Å². The summed E-state index contributed by atoms with van der Waals surface area (Å²) in [5.41, 5.74) is 0.181. The molecule has 0 aromatic carbocycles. The van der Waals surface area contributed by atoms with E-state index in [-0.39, 0.29) is 5.54 Å². The molecule has 0 aromatic rings. The maximum absolute atomic E-state index is 4.08. The molecule has 0 saturated carbocycles. The van der Waals surface area contributed by atoms with Crippen molar-refractivity contribution in [2.75, 3.05) is 42.3 Å². The molecule has 0 spiro atoms. The summed E-state index contributed by atoms with van der Waals surface area (Å²) in [7, 11) is 10.5. The number of hydrogen-bond acceptors (Lipinski definition) is 1. The molecular formula is C11H29N4V-3. The molecule has 0 bridgehead atoms. The van der Waals surface area contributed by atoms with Crippen LogP contribution in [0.15, 0.2) is 3.79 Å². The maximum atomic E-state index is 4.08. The van der Waals surface area contributed by atoms with E-state index in [0.717, 1.165) is 6.42 Å². The zero-order chi connectivity index (χ0) is 14.0. The van der Waals surface area contributed by atoms with E-state index in [4.69, 9.17) is 0 Å². The molecule has 4 nitrogen and oxygen atoms in total. The van der Waals surface area contributed by atoms with Crippen molar-refractivity contribution in [1.82, 2.24) is 0 Å². The summed E-state index contributed by atoms with van der Waals surface area (Å²) < 4.78 is 4.08. The molecule has 0 amide bonds. The monoisotopic (exact) mass is 268 g/mol. The second-order valence-electron chi connectivity index (χ2n) is 3.61. The molecule has 0 atom stereocenters. The molecule has 0 radical (unpaired) electrons. The Morgan fingerprint density at radius 1 is 0.875 bits per heavy atom. The Bertz CT molecular complexity index is 103. The predicted octanol–water partition coefficient (Wildman–Crippen LogP) is 3.76. The largest absolute Gasteiger partial charge is 0.668 e. The third-order valence-electron chi connectivity index (χ3n) is 1.14. The summed E-state index contributed by atoms with van der Waals surface area (Å²) in [5.74, 6) is 0. The molecule has 0 aliphatic carbocycles. The Kier molecular flexibility index (Phi) is 38.5. The second kappa shape index (κ2) is 24.5. The van der Waals surface area contributed by atoms with Crippen molar-refractivity contribution in [3.05, 3.63) is 16.0 Å². The smallest absolute Gasteiger partial charge is 0.162 e. The van der Waals surface area contributed by atoms with E-state index in [0.29, 0.717) is 0 Å². The first-order chi connectivity index (χ1) is 7.36. The van der Waals surface area contributed by atoms with E-state index in [2.05, 4.69) is 57.7 Å². The third kappa shape index (κ3) is 64.0. The average molecular weight is 268 g/mol. The predicted molar refractivity (Wildman–Crippen MR) is 72.4 cm³/mol. The first-order valence-electron chi connectivity index (χ1n) is 5.17. The SMILES string of the molecule is CCC(C)(C)[N]=[V].C[N-]C.C[N-]C.C[N-]C. The average Bonchev–Trinajstić information content (AvgIpc) is 2.21. The fraction of sp³-hybridized carbons (Fsp3) is 1.00. The molecule has 0 aromatic heterocycles. The van der Waals surface area contributed by atoms with Crippen molar-refractivity contribution in [3.8, 4) is 0 Å². The van der Waals surface area contributed by atoms with Crippen LogP contribution in [0.5, 0.6) is 0 Å². The van der Waals surface area contributed by atoms with Gasteiger partial charge >= 0.3 is 53.8 Å². The van der Waals surface area contributed by atoms with Gasteiger partial charge in [-0.2, -0.15) is 42.3 Å². The van der Waals surface area contributed by atoms with Crippen LogP contribution in [-0.2, 0) is 17.2 Å². The first kappa shape index (κ1) is 25.2. The minimum atomic E-state index is 0.181. The normalized spacial score (nSPS) is 8.25. The molecule has 0 aliphatic rings. The summed E-state index contributed by atoms with van der Waals surface area (Å²) in [6, 6.07) is 0. The molecule has 0 fully saturated rings. The number of hydrogen-bond donors (Lipinski definition) is 0. The molecule has 0 heterocycles. The number of nitrogens with zero attached hydrogens (tertiary/aromatic N) is 4. The quantitative estimate of drug-likeness (QED) is 0.732. The van der Waals surface area contributed by atoms with E-state index < -0.39 is 0 Å². The molecule has 0 aliphatic heterocycles. The standard InChI is InChI=1S/C5H11N.3C2H6N.V/c1-4-5(2,3)6;3*1-3-2;/h4H2,1-3H3;3*1-2H3;/q;3*-1;. The molecular weight excluding hydrogens is 239 g/mol. The van der Waals surface area contributed by atoms with Crippen LogP contribution in [0, 0.1) is 0 Å². The van der Waals surface area contributed by atoms with Crippen LogP contribution in [-0.4, -0.2) is 47.8 Å². The Hall–Kier alpha value is 0.264. The Morgan fingerprint density at radius 3 is 1.06 bits per heavy atom. The fourth-order valence-electron chi connectivity index (χ4n) is 0.0707. The van der Waals surface area contributed by atoms with Crippen molar-refractivity contribution in [2.45, 2.75) is 32.7 Å². The second-order valence-corrected chi connectivity index (χ2v) is 3.92. The Morgan fingerprint density at radius 2 is 1.06 bits per heavy atom. The van der Waals surface area contributed by atoms with Gasteiger partial charge in [-0.25, -0.2) is 0 Å². The topological polar surface area (TPSA) is 54.7 Å². The van der Waals surface area contributed by atoms with Crippen LogP contribution in [0.4, 0.5) is 0 Å². The molecule has 5 heteroatoms. The van der Waals surface area contributed by atoms with E-state index in [1.54, 1.807) is 42.3 Å². The summed E-state index contributed by atoms with van der Waals surface area (Å²) in [4.78, 5) is 0. The van der Waals surface area contributed by atoms with Crippen LogP contribution in [0.25, 0.3) is 16.0 Å². The van der Waals surface area contributed by atoms with Crippen LogP contribution in [0.2, 0.25) is 0 Å². The third-order valence-corrected chi connectivity index (χ3v) is 1.98. The van der Waals surface area contributed by atoms with Crippen LogP contribution >= 0.6 is 0 Å². The van der Waals surface area contributed by atoms with Crippen molar-refractivity contribution in [2.24, 2.45) is 3.79 Å². The van der Waals surface area contributed by atoms with Gasteiger partial charge in [-0.3, -0.25) is 0 Å². The van der Waals surface area contributed by atoms with Crippen molar-refractivity contribution in [1.29, 1.82) is 0 Å². The van der Waals surface area contributed by atoms with Crippen molar-refractivity contribution >= 4 is 0 Å². The van der Waals surface area contributed by atoms with Gasteiger partial charge in [0.05, 0.1) is 0 Å². The van der Waals surface area contributed by atoms with Gasteiger partial charge in [0.15, 0.2) is 0 Å². The molecule has 16 heavy (non-hydrogen) atoms. The van der Waals surface area contributed by atoms with E-state index in [1.807, 2.05) is 0 Å².